The number of fused-ring (bicyclic) bond motifs is 1. The Morgan fingerprint density at radius 1 is 1.22 bits per heavy atom. The average molecular weight is 556 g/mol. The van der Waals surface area contributed by atoms with Crippen molar-refractivity contribution < 1.29 is 19.0 Å². The van der Waals surface area contributed by atoms with Gasteiger partial charge in [-0.1, -0.05) is 31.4 Å². The minimum Gasteiger partial charge on any atom is -0.493 e. The molecule has 0 aliphatic heterocycles. The highest BCUT2D eigenvalue weighted by molar-refractivity contribution is 9.10. The SMILES string of the molecule is COc1cc(C=Nn2c(C3CCCCC3)nc3ccccc3c2=O)cc(Br)c1OCC(=O)OC(C)C. The third-order valence-corrected chi connectivity index (χ3v) is 6.61. The lowest BCUT2D eigenvalue weighted by molar-refractivity contribution is -0.149. The quantitative estimate of drug-likeness (QED) is 0.272. The lowest BCUT2D eigenvalue weighted by Crippen LogP contribution is -2.25. The summed E-state index contributed by atoms with van der Waals surface area (Å²) >= 11 is 3.49. The van der Waals surface area contributed by atoms with E-state index < -0.39 is 5.97 Å². The number of hydrogen-bond donors (Lipinski definition) is 0. The third kappa shape index (κ3) is 5.95. The van der Waals surface area contributed by atoms with E-state index in [0.717, 1.165) is 25.7 Å². The van der Waals surface area contributed by atoms with E-state index in [4.69, 9.17) is 19.2 Å². The second-order valence-electron chi connectivity index (χ2n) is 9.05. The highest BCUT2D eigenvalue weighted by atomic mass is 79.9. The molecule has 8 nitrogen and oxygen atoms in total. The highest BCUT2D eigenvalue weighted by Crippen LogP contribution is 2.36. The van der Waals surface area contributed by atoms with Gasteiger partial charge in [-0.2, -0.15) is 9.78 Å². The number of hydrogen-bond acceptors (Lipinski definition) is 7. The van der Waals surface area contributed by atoms with Crippen LogP contribution in [-0.2, 0) is 9.53 Å². The minimum absolute atomic E-state index is 0.188. The van der Waals surface area contributed by atoms with Crippen LogP contribution in [-0.4, -0.2) is 41.7 Å². The summed E-state index contributed by atoms with van der Waals surface area (Å²) in [6, 6.07) is 10.9. The van der Waals surface area contributed by atoms with Crippen LogP contribution >= 0.6 is 15.9 Å². The first-order valence-corrected chi connectivity index (χ1v) is 12.9. The number of ether oxygens (including phenoxy) is 3. The van der Waals surface area contributed by atoms with Gasteiger partial charge in [0.15, 0.2) is 18.1 Å². The van der Waals surface area contributed by atoms with Crippen LogP contribution in [0.25, 0.3) is 10.9 Å². The Morgan fingerprint density at radius 3 is 2.69 bits per heavy atom. The van der Waals surface area contributed by atoms with E-state index in [1.807, 2.05) is 18.2 Å². The number of para-hydroxylation sites is 1. The van der Waals surface area contributed by atoms with E-state index in [9.17, 15) is 9.59 Å². The smallest absolute Gasteiger partial charge is 0.344 e. The summed E-state index contributed by atoms with van der Waals surface area (Å²) in [7, 11) is 1.51. The van der Waals surface area contributed by atoms with Gasteiger partial charge in [-0.15, -0.1) is 0 Å². The van der Waals surface area contributed by atoms with E-state index in [0.29, 0.717) is 38.3 Å². The number of aromatic nitrogens is 2. The molecule has 0 N–H and O–H groups in total. The van der Waals surface area contributed by atoms with Crippen molar-refractivity contribution in [1.29, 1.82) is 0 Å². The standard InChI is InChI=1S/C27H30BrN3O5/c1-17(2)36-24(32)16-35-25-21(28)13-18(14-23(25)34-3)15-29-31-26(19-9-5-4-6-10-19)30-22-12-8-7-11-20(22)27(31)33/h7-8,11-15,17,19H,4-6,9-10,16H2,1-3H3. The zero-order valence-electron chi connectivity index (χ0n) is 20.7. The Labute approximate surface area is 218 Å². The summed E-state index contributed by atoms with van der Waals surface area (Å²) < 4.78 is 18.3. The van der Waals surface area contributed by atoms with Crippen LogP contribution in [0.1, 0.15) is 63.3 Å². The van der Waals surface area contributed by atoms with Crippen molar-refractivity contribution in [2.75, 3.05) is 13.7 Å². The Morgan fingerprint density at radius 2 is 1.97 bits per heavy atom. The molecule has 0 amide bonds. The Kier molecular flexibility index (Phi) is 8.40. The second kappa shape index (κ2) is 11.7. The second-order valence-corrected chi connectivity index (χ2v) is 9.90. The van der Waals surface area contributed by atoms with Crippen molar-refractivity contribution >= 4 is 39.0 Å². The van der Waals surface area contributed by atoms with Gasteiger partial charge in [0.2, 0.25) is 0 Å². The van der Waals surface area contributed by atoms with Gasteiger partial charge in [-0.25, -0.2) is 9.78 Å². The summed E-state index contributed by atoms with van der Waals surface area (Å²) in [5, 5.41) is 5.11. The molecule has 0 spiro atoms. The van der Waals surface area contributed by atoms with Crippen LogP contribution in [0.2, 0.25) is 0 Å². The summed E-state index contributed by atoms with van der Waals surface area (Å²) in [5.74, 6) is 1.21. The number of benzene rings is 2. The van der Waals surface area contributed by atoms with Crippen molar-refractivity contribution in [3.05, 3.63) is 62.6 Å². The van der Waals surface area contributed by atoms with E-state index in [1.54, 1.807) is 38.3 Å². The first-order chi connectivity index (χ1) is 17.4. The molecule has 36 heavy (non-hydrogen) atoms. The van der Waals surface area contributed by atoms with Crippen molar-refractivity contribution in [2.45, 2.75) is 58.0 Å². The first-order valence-electron chi connectivity index (χ1n) is 12.1. The number of esters is 1. The molecule has 1 aromatic heterocycles. The molecule has 1 aliphatic carbocycles. The fraction of sp³-hybridized carbons (Fsp3) is 0.407. The van der Waals surface area contributed by atoms with Crippen molar-refractivity contribution in [1.82, 2.24) is 9.66 Å². The monoisotopic (exact) mass is 555 g/mol. The molecule has 0 radical (unpaired) electrons. The number of rotatable bonds is 8. The van der Waals surface area contributed by atoms with Crippen LogP contribution < -0.4 is 15.0 Å². The maximum Gasteiger partial charge on any atom is 0.344 e. The van der Waals surface area contributed by atoms with Gasteiger partial charge < -0.3 is 14.2 Å². The van der Waals surface area contributed by atoms with E-state index >= 15 is 0 Å². The molecule has 9 heteroatoms. The van der Waals surface area contributed by atoms with Crippen molar-refractivity contribution in [3.63, 3.8) is 0 Å². The Bertz CT molecular complexity index is 1330. The lowest BCUT2D eigenvalue weighted by atomic mass is 9.88. The molecule has 0 saturated heterocycles. The summed E-state index contributed by atoms with van der Waals surface area (Å²) in [5.41, 5.74) is 1.19. The van der Waals surface area contributed by atoms with Gasteiger partial charge in [0, 0.05) is 5.92 Å². The van der Waals surface area contributed by atoms with E-state index in [-0.39, 0.29) is 24.2 Å². The molecule has 1 heterocycles. The molecule has 190 valence electrons. The number of methoxy groups -OCH3 is 1. The molecule has 2 aromatic carbocycles. The Balaban J connectivity index is 1.67. The van der Waals surface area contributed by atoms with Crippen molar-refractivity contribution in [3.8, 4) is 11.5 Å². The fourth-order valence-electron chi connectivity index (χ4n) is 4.38. The summed E-state index contributed by atoms with van der Waals surface area (Å²) in [6.07, 6.45) is 6.80. The zero-order valence-corrected chi connectivity index (χ0v) is 22.3. The highest BCUT2D eigenvalue weighted by Gasteiger charge is 2.22. The molecule has 3 aromatic rings. The maximum absolute atomic E-state index is 13.4. The molecule has 1 saturated carbocycles. The topological polar surface area (TPSA) is 92.0 Å². The minimum atomic E-state index is -0.469. The van der Waals surface area contributed by atoms with Gasteiger partial charge in [0.05, 0.1) is 34.8 Å². The molecule has 4 rings (SSSR count). The van der Waals surface area contributed by atoms with Crippen LogP contribution in [0.15, 0.2) is 50.8 Å². The van der Waals surface area contributed by atoms with Gasteiger partial charge in [0.1, 0.15) is 5.82 Å². The molecule has 1 aliphatic rings. The molecular weight excluding hydrogens is 526 g/mol. The normalized spacial score (nSPS) is 14.5. The molecule has 0 atom stereocenters. The van der Waals surface area contributed by atoms with Crippen LogP contribution in [0.4, 0.5) is 0 Å². The van der Waals surface area contributed by atoms with Gasteiger partial charge in [-0.3, -0.25) is 4.79 Å². The summed E-state index contributed by atoms with van der Waals surface area (Å²) in [6.45, 7) is 3.31. The van der Waals surface area contributed by atoms with Gasteiger partial charge >= 0.3 is 5.97 Å². The predicted molar refractivity (Wildman–Crippen MR) is 142 cm³/mol. The van der Waals surface area contributed by atoms with Crippen LogP contribution in [0.5, 0.6) is 11.5 Å². The van der Waals surface area contributed by atoms with E-state index in [2.05, 4.69) is 21.0 Å². The third-order valence-electron chi connectivity index (χ3n) is 6.02. The fourth-order valence-corrected chi connectivity index (χ4v) is 4.96. The molecular formula is C27H30BrN3O5. The number of carbonyl (C=O) groups is 1. The zero-order chi connectivity index (χ0) is 25.7. The van der Waals surface area contributed by atoms with Crippen LogP contribution in [0.3, 0.4) is 0 Å². The Hall–Kier alpha value is -3.20. The lowest BCUT2D eigenvalue weighted by Gasteiger charge is -2.22. The number of nitrogens with zero attached hydrogens (tertiary/aromatic N) is 3. The van der Waals surface area contributed by atoms with Crippen molar-refractivity contribution in [2.24, 2.45) is 5.10 Å². The molecule has 1 fully saturated rings. The van der Waals surface area contributed by atoms with Gasteiger partial charge in [-0.05, 0) is 72.4 Å². The summed E-state index contributed by atoms with van der Waals surface area (Å²) in [4.78, 5) is 30.1. The maximum atomic E-state index is 13.4. The van der Waals surface area contributed by atoms with Crippen LogP contribution in [0, 0.1) is 0 Å². The van der Waals surface area contributed by atoms with Gasteiger partial charge in [0.25, 0.3) is 5.56 Å². The molecule has 0 unspecified atom stereocenters. The number of carbonyl (C=O) groups excluding carboxylic acids is 1. The average Bonchev–Trinajstić information content (AvgIpc) is 2.87. The largest absolute Gasteiger partial charge is 0.493 e. The predicted octanol–water partition coefficient (Wildman–Crippen LogP) is 5.43. The number of halogens is 1. The van der Waals surface area contributed by atoms with E-state index in [1.165, 1.54) is 18.2 Å². The molecule has 0 bridgehead atoms. The first kappa shape index (κ1) is 25.9.